The van der Waals surface area contributed by atoms with E-state index in [1.54, 1.807) is 6.08 Å². The van der Waals surface area contributed by atoms with Crippen LogP contribution in [0.15, 0.2) is 97.1 Å². The van der Waals surface area contributed by atoms with E-state index in [0.29, 0.717) is 0 Å². The second kappa shape index (κ2) is 11.6. The zero-order chi connectivity index (χ0) is 24.7. The van der Waals surface area contributed by atoms with E-state index in [1.807, 2.05) is 91.0 Å². The Bertz CT molecular complexity index is 1140. The molecule has 3 aromatic carbocycles. The van der Waals surface area contributed by atoms with E-state index in [0.717, 1.165) is 16.7 Å². The van der Waals surface area contributed by atoms with Crippen molar-refractivity contribution in [2.45, 2.75) is 43.5 Å². The Morgan fingerprint density at radius 1 is 0.944 bits per heavy atom. The van der Waals surface area contributed by atoms with Gasteiger partial charge in [-0.3, -0.25) is 4.79 Å². The molecule has 2 aliphatic rings. The first-order valence-electron chi connectivity index (χ1n) is 12.0. The first-order chi connectivity index (χ1) is 17.7. The summed E-state index contributed by atoms with van der Waals surface area (Å²) >= 11 is 0. The van der Waals surface area contributed by atoms with Crippen LogP contribution in [0.3, 0.4) is 0 Å². The zero-order valence-corrected chi connectivity index (χ0v) is 19.7. The average Bonchev–Trinajstić information content (AvgIpc) is 2.94. The minimum Gasteiger partial charge on any atom is -0.388 e. The number of carbonyl (C=O) groups excluding carboxylic acids is 1. The molecule has 0 bridgehead atoms. The van der Waals surface area contributed by atoms with Crippen LogP contribution >= 0.6 is 0 Å². The van der Waals surface area contributed by atoms with Crippen LogP contribution in [0.2, 0.25) is 0 Å². The van der Waals surface area contributed by atoms with E-state index in [9.17, 15) is 9.90 Å². The summed E-state index contributed by atoms with van der Waals surface area (Å²) < 4.78 is 24.2. The van der Waals surface area contributed by atoms with Crippen molar-refractivity contribution in [1.82, 2.24) is 5.32 Å². The fourth-order valence-electron chi connectivity index (χ4n) is 4.37. The summed E-state index contributed by atoms with van der Waals surface area (Å²) in [5.41, 5.74) is 2.69. The molecule has 7 heteroatoms. The van der Waals surface area contributed by atoms with Crippen LogP contribution in [0, 0.1) is 0 Å². The third-order valence-electron chi connectivity index (χ3n) is 6.23. The lowest BCUT2D eigenvalue weighted by atomic mass is 9.95. The van der Waals surface area contributed by atoms with Crippen molar-refractivity contribution >= 4 is 12.0 Å². The molecule has 5 rings (SSSR count). The quantitative estimate of drug-likeness (QED) is 0.496. The van der Waals surface area contributed by atoms with Crippen LogP contribution in [0.4, 0.5) is 0 Å². The van der Waals surface area contributed by atoms with Gasteiger partial charge in [-0.05, 0) is 17.2 Å². The maximum atomic E-state index is 12.8. The van der Waals surface area contributed by atoms with Gasteiger partial charge >= 0.3 is 0 Å². The lowest BCUT2D eigenvalue weighted by Gasteiger charge is -2.47. The van der Waals surface area contributed by atoms with E-state index in [1.165, 1.54) is 6.08 Å². The Hall–Kier alpha value is -3.33. The van der Waals surface area contributed by atoms with Crippen molar-refractivity contribution in [2.24, 2.45) is 0 Å². The molecule has 36 heavy (non-hydrogen) atoms. The minimum atomic E-state index is -1.08. The minimum absolute atomic E-state index is 0.223. The normalized spacial score (nSPS) is 27.9. The van der Waals surface area contributed by atoms with Crippen LogP contribution in [0.1, 0.15) is 23.0 Å². The molecule has 0 spiro atoms. The zero-order valence-electron chi connectivity index (χ0n) is 19.7. The van der Waals surface area contributed by atoms with Crippen molar-refractivity contribution in [3.63, 3.8) is 0 Å². The molecular weight excluding hydrogens is 458 g/mol. The van der Waals surface area contributed by atoms with Crippen molar-refractivity contribution < 1.29 is 28.8 Å². The Balaban J connectivity index is 1.32. The van der Waals surface area contributed by atoms with Gasteiger partial charge in [0.25, 0.3) is 0 Å². The van der Waals surface area contributed by atoms with Gasteiger partial charge in [0, 0.05) is 11.6 Å². The van der Waals surface area contributed by atoms with Gasteiger partial charge in [-0.25, -0.2) is 0 Å². The molecule has 1 amide bonds. The molecule has 0 aliphatic carbocycles. The first-order valence-corrected chi connectivity index (χ1v) is 12.0. The third-order valence-corrected chi connectivity index (χ3v) is 6.23. The van der Waals surface area contributed by atoms with Crippen molar-refractivity contribution in [1.29, 1.82) is 0 Å². The number of aliphatic hydroxyl groups is 1. The number of aliphatic hydroxyl groups excluding tert-OH is 1. The largest absolute Gasteiger partial charge is 0.388 e. The molecule has 0 radical (unpaired) electrons. The number of ether oxygens (including phenoxy) is 4. The van der Waals surface area contributed by atoms with Gasteiger partial charge < -0.3 is 29.4 Å². The van der Waals surface area contributed by atoms with Gasteiger partial charge in [0.05, 0.1) is 13.2 Å². The molecule has 7 nitrogen and oxygen atoms in total. The summed E-state index contributed by atoms with van der Waals surface area (Å²) in [6.45, 7) is 0.483. The van der Waals surface area contributed by atoms with Crippen LogP contribution in [0.25, 0.3) is 6.08 Å². The lowest BCUT2D eigenvalue weighted by Crippen LogP contribution is -2.66. The number of carbonyl (C=O) groups is 1. The van der Waals surface area contributed by atoms with Crippen LogP contribution < -0.4 is 5.32 Å². The standard InChI is InChI=1S/C29H29NO6/c31-24(17-16-20-10-4-1-5-11-20)30-25-26(32)27-23(19-34-28(36-27)22-14-8-3-9-15-22)35-29(25)33-18-21-12-6-2-7-13-21/h1-17,23,25-29,32H,18-19H2,(H,30,31)/b17-16+/t23-,25-,26+,27-,28-,29+/m1/s1. The number of hydrogen-bond acceptors (Lipinski definition) is 6. The number of hydrogen-bond donors (Lipinski definition) is 2. The molecule has 2 heterocycles. The van der Waals surface area contributed by atoms with Gasteiger partial charge in [-0.15, -0.1) is 0 Å². The van der Waals surface area contributed by atoms with Gasteiger partial charge in [0.1, 0.15) is 24.4 Å². The molecule has 2 saturated heterocycles. The SMILES string of the molecule is O=C(/C=C/c1ccccc1)N[C@H]1[C@@H](OCc2ccccc2)O[C@@H]2CO[C@@H](c3ccccc3)O[C@H]2[C@H]1O. The summed E-state index contributed by atoms with van der Waals surface area (Å²) in [6, 6.07) is 27.8. The van der Waals surface area contributed by atoms with Gasteiger partial charge in [-0.1, -0.05) is 91.0 Å². The highest BCUT2D eigenvalue weighted by molar-refractivity contribution is 5.92. The van der Waals surface area contributed by atoms with Crippen molar-refractivity contribution in [3.05, 3.63) is 114 Å². The van der Waals surface area contributed by atoms with E-state index < -0.39 is 36.9 Å². The van der Waals surface area contributed by atoms with E-state index in [4.69, 9.17) is 18.9 Å². The molecule has 0 aromatic heterocycles. The van der Waals surface area contributed by atoms with Crippen LogP contribution in [0.5, 0.6) is 0 Å². The Labute approximate surface area is 210 Å². The predicted octanol–water partition coefficient (Wildman–Crippen LogP) is 3.60. The fourth-order valence-corrected chi connectivity index (χ4v) is 4.37. The Morgan fingerprint density at radius 2 is 1.61 bits per heavy atom. The summed E-state index contributed by atoms with van der Waals surface area (Å²) in [7, 11) is 0. The van der Waals surface area contributed by atoms with Gasteiger partial charge in [0.15, 0.2) is 12.6 Å². The second-order valence-electron chi connectivity index (χ2n) is 8.79. The topological polar surface area (TPSA) is 86.3 Å². The molecule has 6 atom stereocenters. The molecule has 0 saturated carbocycles. The maximum absolute atomic E-state index is 12.8. The fraction of sp³-hybridized carbons (Fsp3) is 0.276. The smallest absolute Gasteiger partial charge is 0.244 e. The Kier molecular flexibility index (Phi) is 7.85. The molecule has 186 valence electrons. The Morgan fingerprint density at radius 3 is 2.33 bits per heavy atom. The summed E-state index contributed by atoms with van der Waals surface area (Å²) in [6.07, 6.45) is -0.714. The number of nitrogens with one attached hydrogen (secondary N) is 1. The van der Waals surface area contributed by atoms with Crippen molar-refractivity contribution in [3.8, 4) is 0 Å². The lowest BCUT2D eigenvalue weighted by molar-refractivity contribution is -0.345. The summed E-state index contributed by atoms with van der Waals surface area (Å²) in [4.78, 5) is 12.8. The van der Waals surface area contributed by atoms with E-state index >= 15 is 0 Å². The maximum Gasteiger partial charge on any atom is 0.244 e. The second-order valence-corrected chi connectivity index (χ2v) is 8.79. The number of amides is 1. The van der Waals surface area contributed by atoms with Gasteiger partial charge in [0.2, 0.25) is 5.91 Å². The highest BCUT2D eigenvalue weighted by atomic mass is 16.7. The first kappa shape index (κ1) is 24.4. The summed E-state index contributed by atoms with van der Waals surface area (Å²) in [5.74, 6) is -0.370. The van der Waals surface area contributed by atoms with Crippen LogP contribution in [-0.4, -0.2) is 48.3 Å². The third kappa shape index (κ3) is 5.90. The number of rotatable bonds is 7. The molecular formula is C29H29NO6. The number of benzene rings is 3. The number of fused-ring (bicyclic) bond motifs is 1. The van der Waals surface area contributed by atoms with E-state index in [-0.39, 0.29) is 19.1 Å². The highest BCUT2D eigenvalue weighted by Crippen LogP contribution is 2.34. The monoisotopic (exact) mass is 487 g/mol. The van der Waals surface area contributed by atoms with Crippen molar-refractivity contribution in [2.75, 3.05) is 6.61 Å². The van der Waals surface area contributed by atoms with Crippen LogP contribution in [-0.2, 0) is 30.3 Å². The summed E-state index contributed by atoms with van der Waals surface area (Å²) in [5, 5.41) is 14.2. The highest BCUT2D eigenvalue weighted by Gasteiger charge is 2.50. The molecule has 3 aromatic rings. The molecule has 2 fully saturated rings. The molecule has 2 N–H and O–H groups in total. The van der Waals surface area contributed by atoms with Gasteiger partial charge in [-0.2, -0.15) is 0 Å². The average molecular weight is 488 g/mol. The van der Waals surface area contributed by atoms with E-state index in [2.05, 4.69) is 5.32 Å². The molecule has 0 unspecified atom stereocenters. The predicted molar refractivity (Wildman–Crippen MR) is 133 cm³/mol. The molecule has 2 aliphatic heterocycles.